The first-order valence-electron chi connectivity index (χ1n) is 7.03. The molecular weight excluding hydrogens is 238 g/mol. The molecule has 2 heterocycles. The molecule has 19 heavy (non-hydrogen) atoms. The van der Waals surface area contributed by atoms with E-state index >= 15 is 0 Å². The summed E-state index contributed by atoms with van der Waals surface area (Å²) in [6.07, 6.45) is 0. The number of fused-ring (bicyclic) bond motifs is 1. The third kappa shape index (κ3) is 2.65. The van der Waals surface area contributed by atoms with Crippen LogP contribution in [-0.2, 0) is 4.79 Å². The Morgan fingerprint density at radius 2 is 2.16 bits per heavy atom. The van der Waals surface area contributed by atoms with Gasteiger partial charge in [-0.2, -0.15) is 0 Å². The topological polar surface area (TPSA) is 44.4 Å². The number of hydrogen-bond acceptors (Lipinski definition) is 3. The number of carbonyl (C=O) groups is 1. The van der Waals surface area contributed by atoms with Crippen LogP contribution in [0.15, 0.2) is 30.3 Å². The second-order valence-corrected chi connectivity index (χ2v) is 5.67. The molecule has 102 valence electrons. The molecule has 2 N–H and O–H groups in total. The second-order valence-electron chi connectivity index (χ2n) is 5.67. The summed E-state index contributed by atoms with van der Waals surface area (Å²) < 4.78 is 0. The van der Waals surface area contributed by atoms with Gasteiger partial charge in [-0.15, -0.1) is 0 Å². The average Bonchev–Trinajstić information content (AvgIpc) is 2.96. The standard InChI is InChI=1S/C15H21N3O/c1-11-14-8-16-7-12(14)9-18(11)10-15(19)17-13-5-3-2-4-6-13/h2-6,11-12,14,16H,7-10H2,1H3,(H,17,19). The summed E-state index contributed by atoms with van der Waals surface area (Å²) in [6, 6.07) is 10.2. The van der Waals surface area contributed by atoms with E-state index in [2.05, 4.69) is 22.5 Å². The van der Waals surface area contributed by atoms with Crippen LogP contribution < -0.4 is 10.6 Å². The highest BCUT2D eigenvalue weighted by Crippen LogP contribution is 2.31. The minimum atomic E-state index is 0.0889. The Kier molecular flexibility index (Phi) is 3.53. The lowest BCUT2D eigenvalue weighted by atomic mass is 9.95. The lowest BCUT2D eigenvalue weighted by molar-refractivity contribution is -0.117. The van der Waals surface area contributed by atoms with Gasteiger partial charge in [0, 0.05) is 18.3 Å². The molecular formula is C15H21N3O. The van der Waals surface area contributed by atoms with E-state index in [1.807, 2.05) is 30.3 Å². The number of amides is 1. The Bertz CT molecular complexity index is 448. The zero-order valence-corrected chi connectivity index (χ0v) is 11.3. The van der Waals surface area contributed by atoms with Gasteiger partial charge in [0.15, 0.2) is 0 Å². The van der Waals surface area contributed by atoms with Crippen molar-refractivity contribution in [2.24, 2.45) is 11.8 Å². The Balaban J connectivity index is 1.56. The molecule has 0 aliphatic carbocycles. The molecule has 2 aliphatic heterocycles. The van der Waals surface area contributed by atoms with Crippen molar-refractivity contribution < 1.29 is 4.79 Å². The molecule has 0 spiro atoms. The number of carbonyl (C=O) groups excluding carboxylic acids is 1. The minimum absolute atomic E-state index is 0.0889. The molecule has 1 aromatic rings. The van der Waals surface area contributed by atoms with Crippen LogP contribution >= 0.6 is 0 Å². The first-order valence-corrected chi connectivity index (χ1v) is 7.03. The fourth-order valence-electron chi connectivity index (χ4n) is 3.37. The number of anilines is 1. The monoisotopic (exact) mass is 259 g/mol. The molecule has 0 aromatic heterocycles. The molecule has 2 aliphatic rings. The van der Waals surface area contributed by atoms with Gasteiger partial charge in [0.2, 0.25) is 5.91 Å². The highest BCUT2D eigenvalue weighted by atomic mass is 16.2. The first kappa shape index (κ1) is 12.6. The fourth-order valence-corrected chi connectivity index (χ4v) is 3.37. The van der Waals surface area contributed by atoms with Crippen LogP contribution in [0.25, 0.3) is 0 Å². The molecule has 4 nitrogen and oxygen atoms in total. The SMILES string of the molecule is CC1C2CNCC2CN1CC(=O)Nc1ccccc1. The molecule has 1 aromatic carbocycles. The van der Waals surface area contributed by atoms with Gasteiger partial charge in [-0.3, -0.25) is 9.69 Å². The normalized spacial score (nSPS) is 30.3. The van der Waals surface area contributed by atoms with E-state index in [0.717, 1.165) is 31.2 Å². The summed E-state index contributed by atoms with van der Waals surface area (Å²) in [7, 11) is 0. The maximum absolute atomic E-state index is 12.1. The molecule has 2 fully saturated rings. The van der Waals surface area contributed by atoms with Gasteiger partial charge in [0.05, 0.1) is 6.54 Å². The predicted octanol–water partition coefficient (Wildman–Crippen LogP) is 1.16. The van der Waals surface area contributed by atoms with Crippen LogP contribution in [0.2, 0.25) is 0 Å². The largest absolute Gasteiger partial charge is 0.325 e. The van der Waals surface area contributed by atoms with E-state index in [1.54, 1.807) is 0 Å². The summed E-state index contributed by atoms with van der Waals surface area (Å²) in [5, 5.41) is 6.40. The summed E-state index contributed by atoms with van der Waals surface area (Å²) in [5.41, 5.74) is 0.876. The van der Waals surface area contributed by atoms with Crippen molar-refractivity contribution in [3.8, 4) is 0 Å². The van der Waals surface area contributed by atoms with Crippen molar-refractivity contribution in [1.29, 1.82) is 0 Å². The molecule has 3 unspecified atom stereocenters. The summed E-state index contributed by atoms with van der Waals surface area (Å²) in [6.45, 7) is 5.99. The molecule has 0 saturated carbocycles. The number of benzene rings is 1. The van der Waals surface area contributed by atoms with E-state index in [9.17, 15) is 4.79 Å². The zero-order chi connectivity index (χ0) is 13.2. The maximum atomic E-state index is 12.1. The van der Waals surface area contributed by atoms with Crippen molar-refractivity contribution in [3.63, 3.8) is 0 Å². The Morgan fingerprint density at radius 1 is 1.37 bits per heavy atom. The van der Waals surface area contributed by atoms with Crippen LogP contribution in [0.5, 0.6) is 0 Å². The third-order valence-corrected chi connectivity index (χ3v) is 4.46. The highest BCUT2D eigenvalue weighted by Gasteiger charge is 2.41. The van der Waals surface area contributed by atoms with Gasteiger partial charge in [-0.1, -0.05) is 18.2 Å². The average molecular weight is 259 g/mol. The Morgan fingerprint density at radius 3 is 2.89 bits per heavy atom. The quantitative estimate of drug-likeness (QED) is 0.856. The molecule has 0 radical (unpaired) electrons. The van der Waals surface area contributed by atoms with Crippen molar-refractivity contribution in [1.82, 2.24) is 10.2 Å². The Hall–Kier alpha value is -1.39. The number of para-hydroxylation sites is 1. The van der Waals surface area contributed by atoms with E-state index in [4.69, 9.17) is 0 Å². The summed E-state index contributed by atoms with van der Waals surface area (Å²) in [4.78, 5) is 14.4. The lowest BCUT2D eigenvalue weighted by Gasteiger charge is -2.23. The maximum Gasteiger partial charge on any atom is 0.238 e. The van der Waals surface area contributed by atoms with Crippen LogP contribution in [-0.4, -0.2) is 43.0 Å². The van der Waals surface area contributed by atoms with Crippen molar-refractivity contribution in [2.75, 3.05) is 31.5 Å². The molecule has 3 rings (SSSR count). The number of rotatable bonds is 3. The fraction of sp³-hybridized carbons (Fsp3) is 0.533. The smallest absolute Gasteiger partial charge is 0.238 e. The van der Waals surface area contributed by atoms with E-state index in [-0.39, 0.29) is 5.91 Å². The van der Waals surface area contributed by atoms with E-state index in [1.165, 1.54) is 0 Å². The summed E-state index contributed by atoms with van der Waals surface area (Å²) in [5.74, 6) is 1.52. The molecule has 4 heteroatoms. The van der Waals surface area contributed by atoms with Gasteiger partial charge in [-0.05, 0) is 44.0 Å². The van der Waals surface area contributed by atoms with Gasteiger partial charge in [0.1, 0.15) is 0 Å². The second kappa shape index (κ2) is 5.31. The molecule has 2 saturated heterocycles. The van der Waals surface area contributed by atoms with Gasteiger partial charge in [-0.25, -0.2) is 0 Å². The summed E-state index contributed by atoms with van der Waals surface area (Å²) >= 11 is 0. The number of hydrogen-bond donors (Lipinski definition) is 2. The lowest BCUT2D eigenvalue weighted by Crippen LogP contribution is -2.38. The van der Waals surface area contributed by atoms with Crippen LogP contribution in [0.1, 0.15) is 6.92 Å². The molecule has 1 amide bonds. The number of likely N-dealkylation sites (tertiary alicyclic amines) is 1. The van der Waals surface area contributed by atoms with E-state index < -0.39 is 0 Å². The number of nitrogens with zero attached hydrogens (tertiary/aromatic N) is 1. The van der Waals surface area contributed by atoms with Crippen molar-refractivity contribution in [3.05, 3.63) is 30.3 Å². The molecule has 0 bridgehead atoms. The minimum Gasteiger partial charge on any atom is -0.325 e. The van der Waals surface area contributed by atoms with Crippen LogP contribution in [0, 0.1) is 11.8 Å². The van der Waals surface area contributed by atoms with Gasteiger partial charge >= 0.3 is 0 Å². The van der Waals surface area contributed by atoms with Crippen molar-refractivity contribution >= 4 is 11.6 Å². The van der Waals surface area contributed by atoms with E-state index in [0.29, 0.717) is 18.5 Å². The van der Waals surface area contributed by atoms with Crippen molar-refractivity contribution in [2.45, 2.75) is 13.0 Å². The van der Waals surface area contributed by atoms with Crippen LogP contribution in [0.4, 0.5) is 5.69 Å². The Labute approximate surface area is 114 Å². The highest BCUT2D eigenvalue weighted by molar-refractivity contribution is 5.92. The molecule has 3 atom stereocenters. The number of nitrogens with one attached hydrogen (secondary N) is 2. The predicted molar refractivity (Wildman–Crippen MR) is 76.0 cm³/mol. The van der Waals surface area contributed by atoms with Gasteiger partial charge < -0.3 is 10.6 Å². The van der Waals surface area contributed by atoms with Gasteiger partial charge in [0.25, 0.3) is 0 Å². The third-order valence-electron chi connectivity index (χ3n) is 4.46. The first-order chi connectivity index (χ1) is 9.24. The zero-order valence-electron chi connectivity index (χ0n) is 11.3. The van der Waals surface area contributed by atoms with Crippen LogP contribution in [0.3, 0.4) is 0 Å².